The van der Waals surface area contributed by atoms with Crippen molar-refractivity contribution in [3.05, 3.63) is 100 Å². The van der Waals surface area contributed by atoms with Crippen LogP contribution in [0.4, 0.5) is 0 Å². The number of halogens is 1. The lowest BCUT2D eigenvalue weighted by Crippen LogP contribution is -2.01. The van der Waals surface area contributed by atoms with E-state index in [4.69, 9.17) is 21.4 Å². The molecule has 4 heteroatoms. The summed E-state index contributed by atoms with van der Waals surface area (Å²) in [6.45, 7) is 0.360. The highest BCUT2D eigenvalue weighted by Gasteiger charge is 2.07. The van der Waals surface area contributed by atoms with Gasteiger partial charge in [0.2, 0.25) is 0 Å². The van der Waals surface area contributed by atoms with E-state index in [-0.39, 0.29) is 5.56 Å². The maximum Gasteiger partial charge on any atom is 0.335 e. The van der Waals surface area contributed by atoms with Gasteiger partial charge in [-0.15, -0.1) is 0 Å². The lowest BCUT2D eigenvalue weighted by Gasteiger charge is -2.12. The Labute approximate surface area is 157 Å². The van der Waals surface area contributed by atoms with Crippen LogP contribution in [0, 0.1) is 0 Å². The average molecular weight is 367 g/mol. The van der Waals surface area contributed by atoms with Gasteiger partial charge >= 0.3 is 5.97 Å². The van der Waals surface area contributed by atoms with Gasteiger partial charge in [-0.25, -0.2) is 4.79 Å². The fourth-order valence-electron chi connectivity index (χ4n) is 2.70. The highest BCUT2D eigenvalue weighted by Crippen LogP contribution is 2.26. The Hall–Kier alpha value is -2.78. The lowest BCUT2D eigenvalue weighted by molar-refractivity contribution is 0.0697. The fourth-order valence-corrected chi connectivity index (χ4v) is 2.86. The molecule has 1 N–H and O–H groups in total. The predicted octanol–water partition coefficient (Wildman–Crippen LogP) is 5.40. The van der Waals surface area contributed by atoms with Crippen LogP contribution in [0.5, 0.6) is 5.75 Å². The van der Waals surface area contributed by atoms with E-state index >= 15 is 0 Å². The van der Waals surface area contributed by atoms with Crippen molar-refractivity contribution in [3.63, 3.8) is 0 Å². The zero-order chi connectivity index (χ0) is 18.4. The van der Waals surface area contributed by atoms with E-state index in [0.29, 0.717) is 11.6 Å². The first-order chi connectivity index (χ1) is 12.6. The number of carboxylic acids is 1. The zero-order valence-corrected chi connectivity index (χ0v) is 14.9. The molecule has 0 heterocycles. The normalized spacial score (nSPS) is 10.5. The van der Waals surface area contributed by atoms with Gasteiger partial charge in [-0.3, -0.25) is 0 Å². The van der Waals surface area contributed by atoms with E-state index in [0.717, 1.165) is 29.7 Å². The van der Waals surface area contributed by atoms with Gasteiger partial charge in [0.15, 0.2) is 0 Å². The molecular weight excluding hydrogens is 348 g/mol. The largest absolute Gasteiger partial charge is 0.489 e. The van der Waals surface area contributed by atoms with Crippen molar-refractivity contribution in [2.75, 3.05) is 0 Å². The number of ether oxygens (including phenoxy) is 1. The summed E-state index contributed by atoms with van der Waals surface area (Å²) in [4.78, 5) is 10.9. The average Bonchev–Trinajstić information content (AvgIpc) is 2.66. The van der Waals surface area contributed by atoms with E-state index in [1.807, 2.05) is 36.4 Å². The number of aryl methyl sites for hydroxylation is 2. The van der Waals surface area contributed by atoms with Crippen molar-refractivity contribution >= 4 is 17.6 Å². The number of carbonyl (C=O) groups is 1. The molecule has 0 amide bonds. The van der Waals surface area contributed by atoms with Gasteiger partial charge in [0.1, 0.15) is 12.4 Å². The summed E-state index contributed by atoms with van der Waals surface area (Å²) < 4.78 is 5.96. The molecule has 26 heavy (non-hydrogen) atoms. The summed E-state index contributed by atoms with van der Waals surface area (Å²) in [5.74, 6) is -0.175. The third kappa shape index (κ3) is 4.87. The predicted molar refractivity (Wildman–Crippen MR) is 103 cm³/mol. The van der Waals surface area contributed by atoms with Gasteiger partial charge in [-0.1, -0.05) is 60.1 Å². The monoisotopic (exact) mass is 366 g/mol. The highest BCUT2D eigenvalue weighted by atomic mass is 35.5. The molecule has 3 rings (SSSR count). The van der Waals surface area contributed by atoms with Crippen LogP contribution in [0.25, 0.3) is 0 Å². The number of carboxylic acid groups (broad SMARTS) is 1. The standard InChI is InChI=1S/C22H19ClO3/c23-20-13-12-18(9-6-16-4-2-1-3-5-16)21(14-20)26-15-17-7-10-19(11-8-17)22(24)25/h1-5,7-8,10-14H,6,9,15H2,(H,24,25). The van der Waals surface area contributed by atoms with Crippen LogP contribution in [-0.4, -0.2) is 11.1 Å². The molecule has 0 spiro atoms. The molecule has 0 saturated carbocycles. The van der Waals surface area contributed by atoms with Gasteiger partial charge in [-0.2, -0.15) is 0 Å². The first-order valence-corrected chi connectivity index (χ1v) is 8.77. The highest BCUT2D eigenvalue weighted by molar-refractivity contribution is 6.30. The van der Waals surface area contributed by atoms with Gasteiger partial charge in [0, 0.05) is 5.02 Å². The third-order valence-corrected chi connectivity index (χ3v) is 4.39. The first-order valence-electron chi connectivity index (χ1n) is 8.39. The Bertz CT molecular complexity index is 874. The zero-order valence-electron chi connectivity index (χ0n) is 14.2. The van der Waals surface area contributed by atoms with Crippen LogP contribution in [-0.2, 0) is 19.4 Å². The topological polar surface area (TPSA) is 46.5 Å². The van der Waals surface area contributed by atoms with E-state index in [1.54, 1.807) is 24.3 Å². The summed E-state index contributed by atoms with van der Waals surface area (Å²) >= 11 is 6.13. The Balaban J connectivity index is 1.68. The SMILES string of the molecule is O=C(O)c1ccc(COc2cc(Cl)ccc2CCc2ccccc2)cc1. The molecular formula is C22H19ClO3. The van der Waals surface area contributed by atoms with Crippen LogP contribution in [0.1, 0.15) is 27.0 Å². The molecule has 0 aliphatic rings. The number of rotatable bonds is 7. The second-order valence-corrected chi connectivity index (χ2v) is 6.46. The molecule has 0 fully saturated rings. The van der Waals surface area contributed by atoms with Crippen molar-refractivity contribution in [2.45, 2.75) is 19.4 Å². The fraction of sp³-hybridized carbons (Fsp3) is 0.136. The number of benzene rings is 3. The molecule has 0 atom stereocenters. The summed E-state index contributed by atoms with van der Waals surface area (Å²) in [6.07, 6.45) is 1.78. The van der Waals surface area contributed by atoms with Gasteiger partial charge in [0.05, 0.1) is 5.56 Å². The quantitative estimate of drug-likeness (QED) is 0.608. The molecule has 0 unspecified atom stereocenters. The van der Waals surface area contributed by atoms with Crippen LogP contribution in [0.2, 0.25) is 5.02 Å². The molecule has 3 aromatic carbocycles. The van der Waals surface area contributed by atoms with E-state index in [2.05, 4.69) is 12.1 Å². The summed E-state index contributed by atoms with van der Waals surface area (Å²) in [6, 6.07) is 22.7. The molecule has 132 valence electrons. The maximum absolute atomic E-state index is 10.9. The Morgan fingerprint density at radius 1 is 0.885 bits per heavy atom. The molecule has 0 aromatic heterocycles. The molecule has 0 radical (unpaired) electrons. The minimum Gasteiger partial charge on any atom is -0.489 e. The van der Waals surface area contributed by atoms with Crippen molar-refractivity contribution in [3.8, 4) is 5.75 Å². The van der Waals surface area contributed by atoms with Crippen molar-refractivity contribution in [2.24, 2.45) is 0 Å². The molecule has 0 saturated heterocycles. The van der Waals surface area contributed by atoms with Crippen LogP contribution >= 0.6 is 11.6 Å². The van der Waals surface area contributed by atoms with Crippen LogP contribution in [0.15, 0.2) is 72.8 Å². The van der Waals surface area contributed by atoms with Crippen molar-refractivity contribution < 1.29 is 14.6 Å². The second kappa shape index (κ2) is 8.54. The van der Waals surface area contributed by atoms with Crippen LogP contribution in [0.3, 0.4) is 0 Å². The lowest BCUT2D eigenvalue weighted by atomic mass is 10.0. The molecule has 3 aromatic rings. The van der Waals surface area contributed by atoms with Gasteiger partial charge in [-0.05, 0) is 53.8 Å². The number of aromatic carboxylic acids is 1. The van der Waals surface area contributed by atoms with E-state index in [1.165, 1.54) is 5.56 Å². The smallest absolute Gasteiger partial charge is 0.335 e. The Kier molecular flexibility index (Phi) is 5.92. The Morgan fingerprint density at radius 3 is 2.31 bits per heavy atom. The maximum atomic E-state index is 10.9. The van der Waals surface area contributed by atoms with E-state index in [9.17, 15) is 4.79 Å². The Morgan fingerprint density at radius 2 is 1.62 bits per heavy atom. The summed E-state index contributed by atoms with van der Waals surface area (Å²) in [5, 5.41) is 9.59. The summed E-state index contributed by atoms with van der Waals surface area (Å²) in [7, 11) is 0. The van der Waals surface area contributed by atoms with Crippen LogP contribution < -0.4 is 4.74 Å². The minimum absolute atomic E-state index is 0.264. The summed E-state index contributed by atoms with van der Waals surface area (Å²) in [5.41, 5.74) is 3.54. The number of hydrogen-bond acceptors (Lipinski definition) is 2. The van der Waals surface area contributed by atoms with Crippen molar-refractivity contribution in [1.82, 2.24) is 0 Å². The molecule has 3 nitrogen and oxygen atoms in total. The third-order valence-electron chi connectivity index (χ3n) is 4.15. The minimum atomic E-state index is -0.935. The molecule has 0 aliphatic heterocycles. The van der Waals surface area contributed by atoms with E-state index < -0.39 is 5.97 Å². The second-order valence-electron chi connectivity index (χ2n) is 6.03. The van der Waals surface area contributed by atoms with Gasteiger partial charge < -0.3 is 9.84 Å². The van der Waals surface area contributed by atoms with Crippen molar-refractivity contribution in [1.29, 1.82) is 0 Å². The first kappa shape index (κ1) is 18.0. The van der Waals surface area contributed by atoms with Gasteiger partial charge in [0.25, 0.3) is 0 Å². The molecule has 0 aliphatic carbocycles. The molecule has 0 bridgehead atoms. The number of hydrogen-bond donors (Lipinski definition) is 1.